The molecule has 1 fully saturated rings. The number of amides is 6. The zero-order valence-corrected chi connectivity index (χ0v) is 44.9. The Kier molecular flexibility index (Phi) is 23.0. The number of carbonyl (C=O) groups is 9. The number of fused-ring (bicyclic) bond motifs is 2. The van der Waals surface area contributed by atoms with Crippen LogP contribution in [0.15, 0.2) is 70.5 Å². The lowest BCUT2D eigenvalue weighted by Crippen LogP contribution is -2.41. The lowest BCUT2D eigenvalue weighted by Gasteiger charge is -2.16. The molecular formula is C51H59N17O16. The number of hydrogen-bond acceptors (Lipinski definition) is 24. The summed E-state index contributed by atoms with van der Waals surface area (Å²) >= 11 is 0. The van der Waals surface area contributed by atoms with E-state index in [1.54, 1.807) is 24.3 Å². The Morgan fingerprint density at radius 3 is 1.52 bits per heavy atom. The first-order valence-electron chi connectivity index (χ1n) is 25.8. The second-order valence-electron chi connectivity index (χ2n) is 18.0. The summed E-state index contributed by atoms with van der Waals surface area (Å²) in [5.74, 6) is -6.82. The number of nitrogen functional groups attached to an aromatic ring is 2. The summed E-state index contributed by atoms with van der Waals surface area (Å²) < 4.78 is 10.6. The predicted octanol–water partition coefficient (Wildman–Crippen LogP) is -0.976. The number of imide groups is 1. The van der Waals surface area contributed by atoms with Crippen molar-refractivity contribution in [1.29, 1.82) is 0 Å². The Morgan fingerprint density at radius 2 is 1.06 bits per heavy atom. The number of carboxylic acid groups (broad SMARTS) is 2. The first kappa shape index (κ1) is 62.6. The SMILES string of the molecule is CCNC(=O)CCOCCOCCNC(=O)CCC(NC(=O)c1ccc(NCc2cnc3nc(N)[nH]c(=O)c3n2)cc1)C(=O)O.Nc1nc2ncc(CNc3ccc(C(=O)NC(CCC(=O)ON4C(=O)CCC4=O)C(=O)O)cc3)nc2c(=O)[nH]1. The number of rotatable bonds is 29. The average molecular weight is 1170 g/mol. The van der Waals surface area contributed by atoms with Gasteiger partial charge in [-0.05, 0) is 68.3 Å². The lowest BCUT2D eigenvalue weighted by molar-refractivity contribution is -0.197. The van der Waals surface area contributed by atoms with E-state index in [4.69, 9.17) is 25.8 Å². The van der Waals surface area contributed by atoms with Gasteiger partial charge in [0.2, 0.25) is 23.7 Å². The minimum Gasteiger partial charge on any atom is -0.480 e. The molecule has 4 aromatic heterocycles. The van der Waals surface area contributed by atoms with Gasteiger partial charge in [0.05, 0.1) is 69.7 Å². The lowest BCUT2D eigenvalue weighted by atomic mass is 10.1. The zero-order chi connectivity index (χ0) is 60.7. The summed E-state index contributed by atoms with van der Waals surface area (Å²) in [5.41, 5.74) is 12.9. The fraction of sp³-hybridized carbons (Fsp3) is 0.353. The molecule has 33 nitrogen and oxygen atoms in total. The molecule has 1 saturated heterocycles. The van der Waals surface area contributed by atoms with Gasteiger partial charge in [0.1, 0.15) is 12.1 Å². The van der Waals surface area contributed by atoms with Crippen molar-refractivity contribution in [3.8, 4) is 0 Å². The van der Waals surface area contributed by atoms with Crippen LogP contribution in [0, 0.1) is 0 Å². The molecule has 1 aliphatic heterocycles. The molecule has 0 radical (unpaired) electrons. The summed E-state index contributed by atoms with van der Waals surface area (Å²) in [6.07, 6.45) is 2.03. The topological polar surface area (TPSA) is 492 Å². The van der Waals surface area contributed by atoms with Crippen molar-refractivity contribution >= 4 is 99.0 Å². The number of anilines is 4. The van der Waals surface area contributed by atoms with E-state index in [2.05, 4.69) is 71.8 Å². The van der Waals surface area contributed by atoms with Gasteiger partial charge in [-0.3, -0.25) is 48.3 Å². The van der Waals surface area contributed by atoms with E-state index in [1.807, 2.05) is 6.92 Å². The van der Waals surface area contributed by atoms with E-state index in [0.29, 0.717) is 54.2 Å². The van der Waals surface area contributed by atoms with Gasteiger partial charge in [0.15, 0.2) is 22.3 Å². The van der Waals surface area contributed by atoms with E-state index >= 15 is 0 Å². The standard InChI is InChI=1S/C28H37N9O8.C23H22N8O8/c1-2-30-22(39)9-11-44-13-14-45-12-10-31-21(38)8-7-20(27(42)43)35-25(40)17-3-5-18(6-4-17)32-15-19-16-33-24-23(34-19)26(41)37-28(29)36-24;24-23-29-19-18(21(36)30-23)27-13(10-26-19)9-25-12-3-1-11(2-4-12)20(35)28-14(22(37)38)5-8-17(34)39-31-15(32)6-7-16(31)33/h3-6,16,20,32H,2,7-15H2,1H3,(H,30,39)(H,31,38)(H,35,40)(H,42,43)(H3,29,33,36,37,41);1-4,10,14,25H,5-9H2,(H,28,35)(H,37,38)(H3,24,26,29,30,36). The molecule has 0 saturated carbocycles. The maximum absolute atomic E-state index is 12.7. The van der Waals surface area contributed by atoms with Crippen LogP contribution in [0.5, 0.6) is 0 Å². The third kappa shape index (κ3) is 19.3. The van der Waals surface area contributed by atoms with Crippen LogP contribution in [-0.4, -0.2) is 160 Å². The summed E-state index contributed by atoms with van der Waals surface area (Å²) in [5, 5.41) is 35.6. The highest BCUT2D eigenvalue weighted by Crippen LogP contribution is 2.16. The molecular weight excluding hydrogens is 1110 g/mol. The Morgan fingerprint density at radius 1 is 0.607 bits per heavy atom. The van der Waals surface area contributed by atoms with Crippen molar-refractivity contribution in [2.75, 3.05) is 61.6 Å². The number of benzene rings is 2. The van der Waals surface area contributed by atoms with E-state index in [0.717, 1.165) is 0 Å². The van der Waals surface area contributed by atoms with E-state index in [1.165, 1.54) is 36.7 Å². The van der Waals surface area contributed by atoms with Crippen LogP contribution in [0.3, 0.4) is 0 Å². The highest BCUT2D eigenvalue weighted by atomic mass is 16.7. The second kappa shape index (κ2) is 30.9. The van der Waals surface area contributed by atoms with Crippen LogP contribution in [0.4, 0.5) is 23.3 Å². The number of hydroxylamine groups is 2. The predicted molar refractivity (Wildman–Crippen MR) is 294 cm³/mol. The number of nitrogens with zero attached hydrogens (tertiary/aromatic N) is 7. The van der Waals surface area contributed by atoms with E-state index < -0.39 is 71.2 Å². The third-order valence-corrected chi connectivity index (χ3v) is 11.7. The normalized spacial score (nSPS) is 12.6. The number of aromatic nitrogens is 8. The number of H-pyrrole nitrogens is 2. The number of carboxylic acids is 2. The summed E-state index contributed by atoms with van der Waals surface area (Å²) in [4.78, 5) is 165. The van der Waals surface area contributed by atoms with Crippen molar-refractivity contribution in [2.24, 2.45) is 0 Å². The van der Waals surface area contributed by atoms with Gasteiger partial charge in [0.25, 0.3) is 34.7 Å². The number of ether oxygens (including phenoxy) is 2. The molecule has 2 atom stereocenters. The summed E-state index contributed by atoms with van der Waals surface area (Å²) in [7, 11) is 0. The molecule has 2 unspecified atom stereocenters. The molecule has 2 aromatic carbocycles. The number of nitrogens with two attached hydrogens (primary N) is 2. The minimum atomic E-state index is -1.42. The first-order chi connectivity index (χ1) is 40.3. The van der Waals surface area contributed by atoms with Crippen LogP contribution in [0.25, 0.3) is 22.3 Å². The molecule has 6 amide bonds. The first-order valence-corrected chi connectivity index (χ1v) is 25.8. The van der Waals surface area contributed by atoms with Gasteiger partial charge in [-0.25, -0.2) is 34.3 Å². The fourth-order valence-electron chi connectivity index (χ4n) is 7.44. The van der Waals surface area contributed by atoms with Gasteiger partial charge in [-0.2, -0.15) is 9.97 Å². The molecule has 0 spiro atoms. The van der Waals surface area contributed by atoms with Crippen molar-refractivity contribution < 1.29 is 67.7 Å². The quantitative estimate of drug-likeness (QED) is 0.0198. The number of hydrogen-bond donors (Lipinski definition) is 12. The van der Waals surface area contributed by atoms with Crippen LogP contribution in [0.2, 0.25) is 0 Å². The number of aliphatic carboxylic acids is 2. The van der Waals surface area contributed by atoms with Crippen molar-refractivity contribution in [2.45, 2.75) is 77.0 Å². The monoisotopic (exact) mass is 1170 g/mol. The average Bonchev–Trinajstić information content (AvgIpc) is 3.49. The van der Waals surface area contributed by atoms with Crippen LogP contribution in [0.1, 0.15) is 84.0 Å². The van der Waals surface area contributed by atoms with E-state index in [9.17, 15) is 63.0 Å². The Hall–Kier alpha value is -10.6. The minimum absolute atomic E-state index is 0.0368. The number of nitrogens with one attached hydrogen (secondary N) is 8. The maximum Gasteiger partial charge on any atom is 0.333 e. The number of carbonyl (C=O) groups excluding carboxylic acids is 7. The fourth-order valence-corrected chi connectivity index (χ4v) is 7.44. The van der Waals surface area contributed by atoms with E-state index in [-0.39, 0.29) is 122 Å². The largest absolute Gasteiger partial charge is 0.480 e. The Balaban J connectivity index is 0.000000272. The van der Waals surface area contributed by atoms with Gasteiger partial charge < -0.3 is 67.9 Å². The molecule has 1 aliphatic rings. The molecule has 33 heteroatoms. The number of aromatic amines is 2. The van der Waals surface area contributed by atoms with Gasteiger partial charge in [0, 0.05) is 61.3 Å². The van der Waals surface area contributed by atoms with Crippen molar-refractivity contribution in [3.05, 3.63) is 104 Å². The molecule has 5 heterocycles. The van der Waals surface area contributed by atoms with Gasteiger partial charge in [-0.15, -0.1) is 5.06 Å². The molecule has 7 rings (SSSR count). The molecule has 14 N–H and O–H groups in total. The summed E-state index contributed by atoms with van der Waals surface area (Å²) in [6.45, 7) is 4.19. The second-order valence-corrected chi connectivity index (χ2v) is 18.0. The van der Waals surface area contributed by atoms with Gasteiger partial charge in [-0.1, -0.05) is 0 Å². The molecule has 84 heavy (non-hydrogen) atoms. The van der Waals surface area contributed by atoms with Crippen molar-refractivity contribution in [1.82, 2.24) is 66.2 Å². The highest BCUT2D eigenvalue weighted by molar-refractivity contribution is 6.02. The smallest absolute Gasteiger partial charge is 0.333 e. The van der Waals surface area contributed by atoms with Crippen LogP contribution >= 0.6 is 0 Å². The molecule has 6 aromatic rings. The Bertz CT molecular complexity index is 3470. The Labute approximate surface area is 474 Å². The molecule has 444 valence electrons. The molecule has 0 bridgehead atoms. The maximum atomic E-state index is 12.7. The van der Waals surface area contributed by atoms with Gasteiger partial charge >= 0.3 is 17.9 Å². The highest BCUT2D eigenvalue weighted by Gasteiger charge is 2.33. The van der Waals surface area contributed by atoms with Crippen LogP contribution in [-0.2, 0) is 61.0 Å². The van der Waals surface area contributed by atoms with Crippen LogP contribution < -0.4 is 54.5 Å². The van der Waals surface area contributed by atoms with Crippen molar-refractivity contribution in [3.63, 3.8) is 0 Å². The summed E-state index contributed by atoms with van der Waals surface area (Å²) in [6, 6.07) is 9.66. The molecule has 0 aliphatic carbocycles. The zero-order valence-electron chi connectivity index (χ0n) is 44.9. The third-order valence-electron chi connectivity index (χ3n) is 11.7.